The molecule has 1 atom stereocenters. The molecule has 4 rings (SSSR count). The van der Waals surface area contributed by atoms with Crippen LogP contribution in [0.2, 0.25) is 0 Å². The molecule has 1 N–H and O–H groups in total. The zero-order chi connectivity index (χ0) is 21.3. The summed E-state index contributed by atoms with van der Waals surface area (Å²) in [5, 5.41) is 10.5. The van der Waals surface area contributed by atoms with Gasteiger partial charge in [-0.3, -0.25) is 19.5 Å². The maximum Gasteiger partial charge on any atom is 0.326 e. The predicted octanol–water partition coefficient (Wildman–Crippen LogP) is 3.58. The number of carbonyl (C=O) groups is 1. The molecule has 0 aliphatic carbocycles. The number of nitro benzene ring substituents is 1. The number of piperidine rings is 1. The molecule has 2 aromatic carbocycles. The third kappa shape index (κ3) is 3.97. The van der Waals surface area contributed by atoms with E-state index in [1.807, 2.05) is 40.7 Å². The monoisotopic (exact) mass is 426 g/mol. The van der Waals surface area contributed by atoms with E-state index in [4.69, 9.17) is 0 Å². The second-order valence-corrected chi connectivity index (χ2v) is 8.80. The smallest absolute Gasteiger partial charge is 0.326 e. The molecule has 1 unspecified atom stereocenters. The van der Waals surface area contributed by atoms with Gasteiger partial charge in [0.2, 0.25) is 5.91 Å². The summed E-state index contributed by atoms with van der Waals surface area (Å²) in [5.41, 5.74) is 1.65. The van der Waals surface area contributed by atoms with Gasteiger partial charge in [-0.15, -0.1) is 11.8 Å². The van der Waals surface area contributed by atoms with Crippen LogP contribution in [-0.4, -0.2) is 43.6 Å². The number of carbonyl (C=O) groups excluding carboxylic acids is 1. The normalized spacial score (nSPS) is 16.0. The number of non-ortho nitro benzene ring substituents is 1. The first-order valence-electron chi connectivity index (χ1n) is 9.83. The number of imidazole rings is 1. The highest BCUT2D eigenvalue weighted by molar-refractivity contribution is 8.00. The van der Waals surface area contributed by atoms with Gasteiger partial charge < -0.3 is 9.88 Å². The average Bonchev–Trinajstić information content (AvgIpc) is 3.09. The summed E-state index contributed by atoms with van der Waals surface area (Å²) in [6.07, 6.45) is 1.45. The lowest BCUT2D eigenvalue weighted by molar-refractivity contribution is -0.384. The summed E-state index contributed by atoms with van der Waals surface area (Å²) in [4.78, 5) is 41.2. The highest BCUT2D eigenvalue weighted by atomic mass is 32.2. The van der Waals surface area contributed by atoms with Crippen LogP contribution in [0.4, 0.5) is 5.69 Å². The van der Waals surface area contributed by atoms with Crippen LogP contribution in [0.15, 0.2) is 58.2 Å². The molecule has 0 radical (unpaired) electrons. The number of aromatic amines is 1. The van der Waals surface area contributed by atoms with Gasteiger partial charge in [-0.1, -0.05) is 12.1 Å². The van der Waals surface area contributed by atoms with Gasteiger partial charge >= 0.3 is 5.69 Å². The molecule has 1 amide bonds. The van der Waals surface area contributed by atoms with Crippen molar-refractivity contribution in [3.8, 4) is 0 Å². The molecule has 0 bridgehead atoms. The molecule has 30 heavy (non-hydrogen) atoms. The Hall–Kier alpha value is -3.07. The maximum atomic E-state index is 12.9. The lowest BCUT2D eigenvalue weighted by Gasteiger charge is -2.34. The lowest BCUT2D eigenvalue weighted by atomic mass is 10.0. The summed E-state index contributed by atoms with van der Waals surface area (Å²) in [7, 11) is 0. The van der Waals surface area contributed by atoms with E-state index in [9.17, 15) is 19.7 Å². The van der Waals surface area contributed by atoms with Crippen LogP contribution in [-0.2, 0) is 4.79 Å². The number of rotatable bonds is 5. The number of thioether (sulfide) groups is 1. The molecular weight excluding hydrogens is 404 g/mol. The molecule has 0 saturated carbocycles. The maximum absolute atomic E-state index is 12.9. The summed E-state index contributed by atoms with van der Waals surface area (Å²) in [5.74, 6) is 0.0445. The van der Waals surface area contributed by atoms with Gasteiger partial charge in [0.05, 0.1) is 21.2 Å². The number of para-hydroxylation sites is 2. The Morgan fingerprint density at radius 2 is 1.83 bits per heavy atom. The van der Waals surface area contributed by atoms with Gasteiger partial charge in [0.1, 0.15) is 0 Å². The third-order valence-corrected chi connectivity index (χ3v) is 6.57. The Labute approximate surface area is 177 Å². The minimum atomic E-state index is -0.438. The number of nitrogens with one attached hydrogen (secondary N) is 1. The van der Waals surface area contributed by atoms with E-state index in [0.717, 1.165) is 28.8 Å². The quantitative estimate of drug-likeness (QED) is 0.382. The van der Waals surface area contributed by atoms with Crippen LogP contribution in [0.5, 0.6) is 0 Å². The molecule has 156 valence electrons. The molecule has 2 heterocycles. The molecular formula is C21H22N4O4S. The number of likely N-dealkylation sites (tertiary alicyclic amines) is 1. The standard InChI is InChI=1S/C21H22N4O4S/c1-14(30-17-8-6-16(7-9-17)25(28)29)20(26)23-12-10-15(11-13-23)24-19-5-3-2-4-18(19)22-21(24)27/h2-9,14-15H,10-13H2,1H3,(H,22,27). The van der Waals surface area contributed by atoms with Crippen molar-refractivity contribution in [3.63, 3.8) is 0 Å². The van der Waals surface area contributed by atoms with E-state index in [-0.39, 0.29) is 28.6 Å². The fourth-order valence-electron chi connectivity index (χ4n) is 3.94. The molecule has 0 spiro atoms. The predicted molar refractivity (Wildman–Crippen MR) is 116 cm³/mol. The van der Waals surface area contributed by atoms with Crippen molar-refractivity contribution in [2.24, 2.45) is 0 Å². The molecule has 1 aliphatic rings. The van der Waals surface area contributed by atoms with Crippen LogP contribution >= 0.6 is 11.8 Å². The zero-order valence-corrected chi connectivity index (χ0v) is 17.3. The van der Waals surface area contributed by atoms with Crippen molar-refractivity contribution in [3.05, 3.63) is 69.1 Å². The Morgan fingerprint density at radius 3 is 2.50 bits per heavy atom. The lowest BCUT2D eigenvalue weighted by Crippen LogP contribution is -2.43. The van der Waals surface area contributed by atoms with Crippen LogP contribution in [0, 0.1) is 10.1 Å². The number of fused-ring (bicyclic) bond motifs is 1. The van der Waals surface area contributed by atoms with Crippen molar-refractivity contribution >= 4 is 34.4 Å². The fourth-order valence-corrected chi connectivity index (χ4v) is 4.89. The van der Waals surface area contributed by atoms with Crippen molar-refractivity contribution in [2.45, 2.75) is 36.0 Å². The van der Waals surface area contributed by atoms with Gasteiger partial charge in [0.15, 0.2) is 0 Å². The van der Waals surface area contributed by atoms with Crippen LogP contribution < -0.4 is 5.69 Å². The van der Waals surface area contributed by atoms with Gasteiger partial charge in [-0.25, -0.2) is 4.79 Å². The van der Waals surface area contributed by atoms with Crippen molar-refractivity contribution in [2.75, 3.05) is 13.1 Å². The van der Waals surface area contributed by atoms with Crippen LogP contribution in [0.1, 0.15) is 25.8 Å². The fraction of sp³-hybridized carbons (Fsp3) is 0.333. The summed E-state index contributed by atoms with van der Waals surface area (Å²) in [6, 6.07) is 13.9. The number of hydrogen-bond donors (Lipinski definition) is 1. The third-order valence-electron chi connectivity index (χ3n) is 5.47. The second kappa shape index (κ2) is 8.35. The zero-order valence-electron chi connectivity index (χ0n) is 16.5. The molecule has 9 heteroatoms. The van der Waals surface area contributed by atoms with Crippen molar-refractivity contribution in [1.82, 2.24) is 14.5 Å². The first-order valence-corrected chi connectivity index (χ1v) is 10.7. The van der Waals surface area contributed by atoms with Gasteiger partial charge in [-0.05, 0) is 44.0 Å². The van der Waals surface area contributed by atoms with E-state index < -0.39 is 4.92 Å². The van der Waals surface area contributed by atoms with Crippen LogP contribution in [0.25, 0.3) is 11.0 Å². The Morgan fingerprint density at radius 1 is 1.17 bits per heavy atom. The summed E-state index contributed by atoms with van der Waals surface area (Å²) < 4.78 is 1.81. The van der Waals surface area contributed by atoms with E-state index >= 15 is 0 Å². The van der Waals surface area contributed by atoms with E-state index in [2.05, 4.69) is 4.98 Å². The van der Waals surface area contributed by atoms with E-state index in [1.165, 1.54) is 23.9 Å². The highest BCUT2D eigenvalue weighted by Gasteiger charge is 2.28. The molecule has 1 aliphatic heterocycles. The average molecular weight is 426 g/mol. The largest absolute Gasteiger partial charge is 0.342 e. The number of benzene rings is 2. The second-order valence-electron chi connectivity index (χ2n) is 7.38. The Balaban J connectivity index is 1.38. The summed E-state index contributed by atoms with van der Waals surface area (Å²) in [6.45, 7) is 3.05. The number of nitro groups is 1. The van der Waals surface area contributed by atoms with E-state index in [0.29, 0.717) is 13.1 Å². The molecule has 1 fully saturated rings. The van der Waals surface area contributed by atoms with Gasteiger partial charge in [-0.2, -0.15) is 0 Å². The first kappa shape index (κ1) is 20.2. The Kier molecular flexibility index (Phi) is 5.63. The molecule has 1 aromatic heterocycles. The van der Waals surface area contributed by atoms with E-state index in [1.54, 1.807) is 12.1 Å². The molecule has 3 aromatic rings. The number of amides is 1. The van der Waals surface area contributed by atoms with Crippen LogP contribution in [0.3, 0.4) is 0 Å². The first-order chi connectivity index (χ1) is 14.4. The SMILES string of the molecule is CC(Sc1ccc([N+](=O)[O-])cc1)C(=O)N1CCC(n2c(=O)[nH]c3ccccc32)CC1. The number of aromatic nitrogens is 2. The van der Waals surface area contributed by atoms with Crippen molar-refractivity contribution in [1.29, 1.82) is 0 Å². The highest BCUT2D eigenvalue weighted by Crippen LogP contribution is 2.29. The molecule has 1 saturated heterocycles. The van der Waals surface area contributed by atoms with Gasteiger partial charge in [0.25, 0.3) is 5.69 Å². The minimum Gasteiger partial charge on any atom is -0.342 e. The van der Waals surface area contributed by atoms with Crippen molar-refractivity contribution < 1.29 is 9.72 Å². The molecule has 8 nitrogen and oxygen atoms in total. The number of hydrogen-bond acceptors (Lipinski definition) is 5. The number of nitrogens with zero attached hydrogens (tertiary/aromatic N) is 3. The Bertz CT molecular complexity index is 1130. The topological polar surface area (TPSA) is 101 Å². The minimum absolute atomic E-state index is 0.0351. The summed E-state index contributed by atoms with van der Waals surface area (Å²) >= 11 is 1.39. The number of H-pyrrole nitrogens is 1. The van der Waals surface area contributed by atoms with Gasteiger partial charge in [0, 0.05) is 36.2 Å².